The van der Waals surface area contributed by atoms with E-state index in [9.17, 15) is 0 Å². The van der Waals surface area contributed by atoms with Crippen LogP contribution in [0.4, 0.5) is 0 Å². The molecule has 0 spiro atoms. The average Bonchev–Trinajstić information content (AvgIpc) is 1.87. The first-order valence-electron chi connectivity index (χ1n) is 4.35. The van der Waals surface area contributed by atoms with Gasteiger partial charge in [-0.15, -0.1) is 0 Å². The molecule has 2 heteroatoms. The summed E-state index contributed by atoms with van der Waals surface area (Å²) in [6, 6.07) is 0. The van der Waals surface area contributed by atoms with Gasteiger partial charge in [0.15, 0.2) is 6.29 Å². The average molecular weight is 160 g/mol. The lowest BCUT2D eigenvalue weighted by Crippen LogP contribution is -2.23. The van der Waals surface area contributed by atoms with Crippen molar-refractivity contribution in [1.82, 2.24) is 0 Å². The summed E-state index contributed by atoms with van der Waals surface area (Å²) in [4.78, 5) is 0. The Morgan fingerprint density at radius 2 is 1.64 bits per heavy atom. The van der Waals surface area contributed by atoms with Crippen molar-refractivity contribution >= 4 is 0 Å². The maximum absolute atomic E-state index is 5.53. The van der Waals surface area contributed by atoms with E-state index in [1.807, 2.05) is 13.8 Å². The van der Waals surface area contributed by atoms with E-state index in [0.29, 0.717) is 12.5 Å². The Hall–Kier alpha value is -0.0800. The van der Waals surface area contributed by atoms with Crippen LogP contribution in [0.15, 0.2) is 0 Å². The molecule has 2 atom stereocenters. The standard InChI is InChI=1S/C9H20O2/c1-6-10-9(5)11-8(4)7(2)3/h7-9H,6H2,1-5H3. The third kappa shape index (κ3) is 5.22. The van der Waals surface area contributed by atoms with Crippen molar-refractivity contribution < 1.29 is 9.47 Å². The van der Waals surface area contributed by atoms with Crippen LogP contribution < -0.4 is 0 Å². The van der Waals surface area contributed by atoms with Gasteiger partial charge in [-0.3, -0.25) is 0 Å². The quantitative estimate of drug-likeness (QED) is 0.575. The molecule has 2 nitrogen and oxygen atoms in total. The highest BCUT2D eigenvalue weighted by Gasteiger charge is 2.10. The van der Waals surface area contributed by atoms with Gasteiger partial charge >= 0.3 is 0 Å². The zero-order chi connectivity index (χ0) is 8.85. The minimum absolute atomic E-state index is 0.0719. The smallest absolute Gasteiger partial charge is 0.155 e. The molecule has 0 bridgehead atoms. The summed E-state index contributed by atoms with van der Waals surface area (Å²) in [6.07, 6.45) is 0.203. The Morgan fingerprint density at radius 3 is 2.00 bits per heavy atom. The van der Waals surface area contributed by atoms with Crippen LogP contribution in [0, 0.1) is 5.92 Å². The molecule has 0 rings (SSSR count). The van der Waals surface area contributed by atoms with Gasteiger partial charge in [0, 0.05) is 6.61 Å². The third-order valence-electron chi connectivity index (χ3n) is 1.75. The molecular formula is C9H20O2. The fourth-order valence-electron chi connectivity index (χ4n) is 0.733. The van der Waals surface area contributed by atoms with Crippen LogP contribution in [-0.2, 0) is 9.47 Å². The first-order chi connectivity index (χ1) is 5.07. The zero-order valence-electron chi connectivity index (χ0n) is 8.26. The van der Waals surface area contributed by atoms with Crippen molar-refractivity contribution in [3.05, 3.63) is 0 Å². The molecule has 68 valence electrons. The van der Waals surface area contributed by atoms with Crippen LogP contribution in [0.1, 0.15) is 34.6 Å². The van der Waals surface area contributed by atoms with Crippen molar-refractivity contribution in [2.45, 2.75) is 47.0 Å². The topological polar surface area (TPSA) is 18.5 Å². The minimum Gasteiger partial charge on any atom is -0.353 e. The molecule has 0 aliphatic carbocycles. The summed E-state index contributed by atoms with van der Waals surface area (Å²) >= 11 is 0. The Morgan fingerprint density at radius 1 is 1.09 bits per heavy atom. The van der Waals surface area contributed by atoms with Crippen LogP contribution in [-0.4, -0.2) is 19.0 Å². The van der Waals surface area contributed by atoms with Crippen molar-refractivity contribution in [3.8, 4) is 0 Å². The van der Waals surface area contributed by atoms with Gasteiger partial charge < -0.3 is 9.47 Å². The van der Waals surface area contributed by atoms with E-state index in [2.05, 4.69) is 20.8 Å². The Balaban J connectivity index is 3.48. The minimum atomic E-state index is -0.0719. The predicted molar refractivity (Wildman–Crippen MR) is 46.5 cm³/mol. The molecule has 2 unspecified atom stereocenters. The number of hydrogen-bond acceptors (Lipinski definition) is 2. The molecule has 0 amide bonds. The first-order valence-corrected chi connectivity index (χ1v) is 4.35. The number of hydrogen-bond donors (Lipinski definition) is 0. The normalized spacial score (nSPS) is 16.9. The van der Waals surface area contributed by atoms with Crippen LogP contribution in [0.25, 0.3) is 0 Å². The van der Waals surface area contributed by atoms with Gasteiger partial charge in [-0.2, -0.15) is 0 Å². The van der Waals surface area contributed by atoms with E-state index < -0.39 is 0 Å². The summed E-state index contributed by atoms with van der Waals surface area (Å²) in [5.41, 5.74) is 0. The maximum atomic E-state index is 5.53. The summed E-state index contributed by atoms with van der Waals surface area (Å²) in [5, 5.41) is 0. The van der Waals surface area contributed by atoms with Crippen LogP contribution in [0.5, 0.6) is 0 Å². The molecule has 0 saturated heterocycles. The summed E-state index contributed by atoms with van der Waals surface area (Å²) in [6.45, 7) is 11.0. The first kappa shape index (κ1) is 10.9. The molecule has 0 radical (unpaired) electrons. The molecule has 0 aromatic carbocycles. The molecule has 11 heavy (non-hydrogen) atoms. The molecule has 0 aliphatic rings. The van der Waals surface area contributed by atoms with Gasteiger partial charge in [0.05, 0.1) is 6.10 Å². The van der Waals surface area contributed by atoms with E-state index in [4.69, 9.17) is 9.47 Å². The molecular weight excluding hydrogens is 140 g/mol. The highest BCUT2D eigenvalue weighted by atomic mass is 16.7. The molecule has 0 saturated carbocycles. The second-order valence-electron chi connectivity index (χ2n) is 3.11. The lowest BCUT2D eigenvalue weighted by Gasteiger charge is -2.21. The summed E-state index contributed by atoms with van der Waals surface area (Å²) in [5.74, 6) is 0.554. The van der Waals surface area contributed by atoms with Crippen molar-refractivity contribution in [3.63, 3.8) is 0 Å². The highest BCUT2D eigenvalue weighted by molar-refractivity contribution is 4.54. The van der Waals surface area contributed by atoms with Gasteiger partial charge in [0.1, 0.15) is 0 Å². The summed E-state index contributed by atoms with van der Waals surface area (Å²) < 4.78 is 10.8. The second-order valence-corrected chi connectivity index (χ2v) is 3.11. The lowest BCUT2D eigenvalue weighted by atomic mass is 10.1. The van der Waals surface area contributed by atoms with Gasteiger partial charge in [0.25, 0.3) is 0 Å². The van der Waals surface area contributed by atoms with Gasteiger partial charge in [-0.1, -0.05) is 13.8 Å². The molecule has 0 aromatic heterocycles. The zero-order valence-corrected chi connectivity index (χ0v) is 8.26. The van der Waals surface area contributed by atoms with E-state index in [1.165, 1.54) is 0 Å². The fourth-order valence-corrected chi connectivity index (χ4v) is 0.733. The van der Waals surface area contributed by atoms with E-state index in [0.717, 1.165) is 0 Å². The Bertz CT molecular complexity index is 91.6. The van der Waals surface area contributed by atoms with Crippen molar-refractivity contribution in [1.29, 1.82) is 0 Å². The maximum Gasteiger partial charge on any atom is 0.155 e. The van der Waals surface area contributed by atoms with Gasteiger partial charge in [0.2, 0.25) is 0 Å². The highest BCUT2D eigenvalue weighted by Crippen LogP contribution is 2.08. The van der Waals surface area contributed by atoms with E-state index in [-0.39, 0.29) is 12.4 Å². The van der Waals surface area contributed by atoms with Crippen LogP contribution in [0.2, 0.25) is 0 Å². The SMILES string of the molecule is CCOC(C)OC(C)C(C)C. The van der Waals surface area contributed by atoms with Crippen molar-refractivity contribution in [2.24, 2.45) is 5.92 Å². The fraction of sp³-hybridized carbons (Fsp3) is 1.00. The monoisotopic (exact) mass is 160 g/mol. The molecule has 0 aliphatic heterocycles. The largest absolute Gasteiger partial charge is 0.353 e. The Kier molecular flexibility index (Phi) is 5.51. The molecule has 0 fully saturated rings. The Labute approximate surface area is 69.9 Å². The van der Waals surface area contributed by atoms with E-state index >= 15 is 0 Å². The third-order valence-corrected chi connectivity index (χ3v) is 1.75. The second kappa shape index (κ2) is 5.56. The lowest BCUT2D eigenvalue weighted by molar-refractivity contribution is -0.162. The van der Waals surface area contributed by atoms with Gasteiger partial charge in [-0.25, -0.2) is 0 Å². The molecule has 0 N–H and O–H groups in total. The number of rotatable bonds is 5. The van der Waals surface area contributed by atoms with Crippen LogP contribution in [0.3, 0.4) is 0 Å². The molecule has 0 aromatic rings. The van der Waals surface area contributed by atoms with Crippen LogP contribution >= 0.6 is 0 Å². The predicted octanol–water partition coefficient (Wildman–Crippen LogP) is 2.43. The summed E-state index contributed by atoms with van der Waals surface area (Å²) in [7, 11) is 0. The van der Waals surface area contributed by atoms with E-state index in [1.54, 1.807) is 0 Å². The molecule has 0 heterocycles. The number of ether oxygens (including phenoxy) is 2. The van der Waals surface area contributed by atoms with Crippen molar-refractivity contribution in [2.75, 3.05) is 6.61 Å². The van der Waals surface area contributed by atoms with Gasteiger partial charge in [-0.05, 0) is 26.7 Å².